The molecule has 0 aliphatic carbocycles. The van der Waals surface area contributed by atoms with E-state index in [0.717, 1.165) is 14.2 Å². The van der Waals surface area contributed by atoms with E-state index in [1.165, 1.54) is 23.5 Å². The lowest BCUT2D eigenvalue weighted by Gasteiger charge is -2.09. The molecule has 1 nitrogen and oxygen atoms in total. The van der Waals surface area contributed by atoms with Crippen LogP contribution in [0.3, 0.4) is 0 Å². The van der Waals surface area contributed by atoms with Gasteiger partial charge >= 0.3 is 0 Å². The third kappa shape index (κ3) is 2.46. The minimum atomic E-state index is -0.269. The summed E-state index contributed by atoms with van der Waals surface area (Å²) >= 11 is 10.8. The van der Waals surface area contributed by atoms with Gasteiger partial charge in [0.1, 0.15) is 5.82 Å². The lowest BCUT2D eigenvalue weighted by atomic mass is 10.1. The van der Waals surface area contributed by atoms with E-state index in [1.807, 2.05) is 6.07 Å². The number of benzene rings is 1. The Hall–Kier alpha value is -0.420. The largest absolute Gasteiger partial charge is 0.320 e. The van der Waals surface area contributed by atoms with Crippen LogP contribution in [0.5, 0.6) is 0 Å². The molecule has 0 aliphatic rings. The van der Waals surface area contributed by atoms with Crippen LogP contribution in [0.15, 0.2) is 34.1 Å². The van der Waals surface area contributed by atoms with Crippen LogP contribution in [0.4, 0.5) is 4.39 Å². The molecule has 1 atom stereocenters. The molecule has 1 aromatic heterocycles. The molecule has 2 N–H and O–H groups in total. The molecule has 0 bridgehead atoms. The molecule has 0 saturated carbocycles. The first kappa shape index (κ1) is 12.0. The first-order chi connectivity index (χ1) is 7.58. The van der Waals surface area contributed by atoms with E-state index in [4.69, 9.17) is 17.3 Å². The average Bonchev–Trinajstić information content (AvgIpc) is 2.59. The maximum absolute atomic E-state index is 12.8. The lowest BCUT2D eigenvalue weighted by molar-refractivity contribution is 0.626. The Labute approximate surface area is 110 Å². The summed E-state index contributed by atoms with van der Waals surface area (Å²) < 4.78 is 13.6. The van der Waals surface area contributed by atoms with Gasteiger partial charge in [0.2, 0.25) is 0 Å². The highest BCUT2D eigenvalue weighted by molar-refractivity contribution is 9.11. The molecule has 0 aliphatic heterocycles. The normalized spacial score (nSPS) is 12.8. The quantitative estimate of drug-likeness (QED) is 0.874. The van der Waals surface area contributed by atoms with Crippen LogP contribution in [0.2, 0.25) is 5.02 Å². The molecule has 16 heavy (non-hydrogen) atoms. The zero-order chi connectivity index (χ0) is 11.7. The molecule has 2 rings (SSSR count). The van der Waals surface area contributed by atoms with Crippen LogP contribution in [0.1, 0.15) is 16.5 Å². The summed E-state index contributed by atoms with van der Waals surface area (Å²) in [5.41, 5.74) is 6.92. The number of thiophene rings is 1. The molecule has 2 aromatic rings. The molecule has 0 fully saturated rings. The lowest BCUT2D eigenvalue weighted by Crippen LogP contribution is -2.09. The number of halogens is 3. The minimum Gasteiger partial charge on any atom is -0.320 e. The van der Waals surface area contributed by atoms with Gasteiger partial charge in [0.05, 0.1) is 14.9 Å². The van der Waals surface area contributed by atoms with Crippen LogP contribution < -0.4 is 5.73 Å². The standard InChI is InChI=1S/C11H8BrClFNS/c12-11-8(13)5-9(16-11)10(15)6-1-3-7(14)4-2-6/h1-5,10H,15H2. The number of hydrogen-bond donors (Lipinski definition) is 1. The van der Waals surface area contributed by atoms with E-state index in [-0.39, 0.29) is 11.9 Å². The van der Waals surface area contributed by atoms with Gasteiger partial charge in [-0.25, -0.2) is 4.39 Å². The van der Waals surface area contributed by atoms with E-state index >= 15 is 0 Å². The summed E-state index contributed by atoms with van der Waals surface area (Å²) in [5, 5.41) is 0.651. The van der Waals surface area contributed by atoms with Gasteiger partial charge in [-0.05, 0) is 39.7 Å². The van der Waals surface area contributed by atoms with Gasteiger partial charge in [-0.15, -0.1) is 11.3 Å². The molecule has 0 amide bonds. The fraction of sp³-hybridized carbons (Fsp3) is 0.0909. The highest BCUT2D eigenvalue weighted by atomic mass is 79.9. The topological polar surface area (TPSA) is 26.0 Å². The number of hydrogen-bond acceptors (Lipinski definition) is 2. The third-order valence-electron chi connectivity index (χ3n) is 2.20. The van der Waals surface area contributed by atoms with E-state index in [0.29, 0.717) is 5.02 Å². The van der Waals surface area contributed by atoms with E-state index in [1.54, 1.807) is 12.1 Å². The van der Waals surface area contributed by atoms with Gasteiger partial charge in [-0.3, -0.25) is 0 Å². The second-order valence-corrected chi connectivity index (χ2v) is 6.11. The van der Waals surface area contributed by atoms with Crippen LogP contribution in [-0.4, -0.2) is 0 Å². The van der Waals surface area contributed by atoms with Crippen molar-refractivity contribution in [1.82, 2.24) is 0 Å². The van der Waals surface area contributed by atoms with Crippen LogP contribution in [0, 0.1) is 5.82 Å². The molecule has 0 radical (unpaired) electrons. The van der Waals surface area contributed by atoms with Crippen molar-refractivity contribution >= 4 is 38.9 Å². The molecule has 1 aromatic carbocycles. The second kappa shape index (κ2) is 4.84. The Morgan fingerprint density at radius 3 is 2.44 bits per heavy atom. The van der Waals surface area contributed by atoms with E-state index in [2.05, 4.69) is 15.9 Å². The Kier molecular flexibility index (Phi) is 3.64. The maximum Gasteiger partial charge on any atom is 0.123 e. The van der Waals surface area contributed by atoms with Crippen molar-refractivity contribution in [3.05, 3.63) is 55.4 Å². The van der Waals surface area contributed by atoms with Crippen molar-refractivity contribution < 1.29 is 4.39 Å². The van der Waals surface area contributed by atoms with Crippen molar-refractivity contribution in [3.63, 3.8) is 0 Å². The van der Waals surface area contributed by atoms with Crippen molar-refractivity contribution in [3.8, 4) is 0 Å². The molecule has 84 valence electrons. The van der Waals surface area contributed by atoms with Gasteiger partial charge < -0.3 is 5.73 Å². The summed E-state index contributed by atoms with van der Waals surface area (Å²) in [7, 11) is 0. The van der Waals surface area contributed by atoms with E-state index in [9.17, 15) is 4.39 Å². The molecular formula is C11H8BrClFNS. The third-order valence-corrected chi connectivity index (χ3v) is 4.76. The SMILES string of the molecule is NC(c1ccc(F)cc1)c1cc(Cl)c(Br)s1. The van der Waals surface area contributed by atoms with Gasteiger partial charge in [0, 0.05) is 4.88 Å². The summed E-state index contributed by atoms with van der Waals surface area (Å²) in [6.45, 7) is 0. The Balaban J connectivity index is 2.31. The number of rotatable bonds is 2. The fourth-order valence-corrected chi connectivity index (χ4v) is 3.13. The zero-order valence-corrected chi connectivity index (χ0v) is 11.2. The highest BCUT2D eigenvalue weighted by Gasteiger charge is 2.13. The molecular weight excluding hydrogens is 313 g/mol. The predicted molar refractivity (Wildman–Crippen MR) is 69.5 cm³/mol. The molecule has 0 spiro atoms. The summed E-state index contributed by atoms with van der Waals surface area (Å²) in [5.74, 6) is -0.263. The fourth-order valence-electron chi connectivity index (χ4n) is 1.35. The monoisotopic (exact) mass is 319 g/mol. The molecule has 1 heterocycles. The second-order valence-electron chi connectivity index (χ2n) is 3.30. The summed E-state index contributed by atoms with van der Waals surface area (Å²) in [6.07, 6.45) is 0. The zero-order valence-electron chi connectivity index (χ0n) is 8.08. The molecule has 1 unspecified atom stereocenters. The average molecular weight is 321 g/mol. The Morgan fingerprint density at radius 1 is 1.31 bits per heavy atom. The van der Waals surface area contributed by atoms with Crippen molar-refractivity contribution in [2.45, 2.75) is 6.04 Å². The number of nitrogens with two attached hydrogens (primary N) is 1. The smallest absolute Gasteiger partial charge is 0.123 e. The van der Waals surface area contributed by atoms with Gasteiger partial charge in [-0.2, -0.15) is 0 Å². The van der Waals surface area contributed by atoms with Crippen LogP contribution >= 0.6 is 38.9 Å². The first-order valence-electron chi connectivity index (χ1n) is 4.53. The van der Waals surface area contributed by atoms with Crippen molar-refractivity contribution in [1.29, 1.82) is 0 Å². The van der Waals surface area contributed by atoms with Crippen LogP contribution in [-0.2, 0) is 0 Å². The molecule has 5 heteroatoms. The summed E-state index contributed by atoms with van der Waals surface area (Å²) in [6, 6.07) is 7.72. The van der Waals surface area contributed by atoms with Gasteiger partial charge in [0.15, 0.2) is 0 Å². The van der Waals surface area contributed by atoms with Crippen molar-refractivity contribution in [2.75, 3.05) is 0 Å². The van der Waals surface area contributed by atoms with E-state index < -0.39 is 0 Å². The van der Waals surface area contributed by atoms with Crippen LogP contribution in [0.25, 0.3) is 0 Å². The molecule has 0 saturated heterocycles. The van der Waals surface area contributed by atoms with Gasteiger partial charge in [0.25, 0.3) is 0 Å². The predicted octanol–water partition coefficient (Wildman–Crippen LogP) is 4.35. The Bertz CT molecular complexity index is 478. The highest BCUT2D eigenvalue weighted by Crippen LogP contribution is 2.36. The summed E-state index contributed by atoms with van der Waals surface area (Å²) in [4.78, 5) is 0.948. The maximum atomic E-state index is 12.8. The first-order valence-corrected chi connectivity index (χ1v) is 6.52. The van der Waals surface area contributed by atoms with Gasteiger partial charge in [-0.1, -0.05) is 23.7 Å². The minimum absolute atomic E-state index is 0.263. The van der Waals surface area contributed by atoms with Crippen molar-refractivity contribution in [2.24, 2.45) is 5.73 Å². The Morgan fingerprint density at radius 2 is 1.94 bits per heavy atom.